The molecule has 2 fully saturated rings. The third-order valence-corrected chi connectivity index (χ3v) is 4.97. The predicted octanol–water partition coefficient (Wildman–Crippen LogP) is 4.52. The lowest BCUT2D eigenvalue weighted by atomic mass is 9.82. The first-order valence-corrected chi connectivity index (χ1v) is 7.75. The maximum Gasteiger partial charge on any atom is 0.391 e. The highest BCUT2D eigenvalue weighted by molar-refractivity contribution is 4.83. The van der Waals surface area contributed by atoms with Crippen molar-refractivity contribution in [1.29, 1.82) is 0 Å². The predicted molar refractivity (Wildman–Crippen MR) is 70.9 cm³/mol. The van der Waals surface area contributed by atoms with Crippen LogP contribution in [0, 0.1) is 17.8 Å². The Morgan fingerprint density at radius 3 is 2.32 bits per heavy atom. The molecule has 2 aliphatic carbocycles. The van der Waals surface area contributed by atoms with Gasteiger partial charge in [0.2, 0.25) is 0 Å². The molecule has 0 saturated heterocycles. The van der Waals surface area contributed by atoms with Crippen molar-refractivity contribution in [3.05, 3.63) is 0 Å². The largest absolute Gasteiger partial charge is 0.391 e. The second kappa shape index (κ2) is 6.47. The highest BCUT2D eigenvalue weighted by atomic mass is 19.4. The van der Waals surface area contributed by atoms with Crippen molar-refractivity contribution in [2.24, 2.45) is 17.8 Å². The van der Waals surface area contributed by atoms with Crippen LogP contribution in [-0.4, -0.2) is 18.8 Å². The lowest BCUT2D eigenvalue weighted by Gasteiger charge is -2.33. The van der Waals surface area contributed by atoms with Crippen LogP contribution in [0.15, 0.2) is 0 Å². The molecule has 0 aromatic heterocycles. The van der Waals surface area contributed by atoms with Gasteiger partial charge in [-0.1, -0.05) is 26.2 Å². The maximum atomic E-state index is 12.7. The van der Waals surface area contributed by atoms with Crippen LogP contribution in [0.4, 0.5) is 13.2 Å². The van der Waals surface area contributed by atoms with Gasteiger partial charge in [-0.15, -0.1) is 0 Å². The molecule has 2 aliphatic rings. The monoisotopic (exact) mass is 277 g/mol. The van der Waals surface area contributed by atoms with Gasteiger partial charge in [0.1, 0.15) is 0 Å². The van der Waals surface area contributed by atoms with E-state index in [1.165, 1.54) is 25.7 Å². The van der Waals surface area contributed by atoms with Crippen LogP contribution in [0.5, 0.6) is 0 Å². The fourth-order valence-corrected chi connectivity index (χ4v) is 3.54. The normalized spacial score (nSPS) is 37.3. The van der Waals surface area contributed by atoms with Crippen molar-refractivity contribution >= 4 is 0 Å². The Balaban J connectivity index is 1.71. The van der Waals surface area contributed by atoms with Crippen LogP contribution in [-0.2, 0) is 0 Å². The van der Waals surface area contributed by atoms with E-state index in [4.69, 9.17) is 0 Å². The minimum absolute atomic E-state index is 0.0831. The van der Waals surface area contributed by atoms with Crippen LogP contribution < -0.4 is 5.32 Å². The van der Waals surface area contributed by atoms with E-state index in [9.17, 15) is 13.2 Å². The molecule has 0 aromatic carbocycles. The first kappa shape index (κ1) is 15.1. The fraction of sp³-hybridized carbons (Fsp3) is 1.00. The highest BCUT2D eigenvalue weighted by Gasteiger charge is 2.42. The van der Waals surface area contributed by atoms with Gasteiger partial charge in [0.05, 0.1) is 5.92 Å². The zero-order chi connectivity index (χ0) is 13.9. The number of rotatable bonds is 3. The Morgan fingerprint density at radius 1 is 1.00 bits per heavy atom. The summed E-state index contributed by atoms with van der Waals surface area (Å²) in [7, 11) is 0. The van der Waals surface area contributed by atoms with Crippen molar-refractivity contribution in [2.45, 2.75) is 70.5 Å². The molecule has 19 heavy (non-hydrogen) atoms. The molecule has 2 saturated carbocycles. The van der Waals surface area contributed by atoms with E-state index in [0.717, 1.165) is 18.9 Å². The van der Waals surface area contributed by atoms with Crippen LogP contribution in [0.25, 0.3) is 0 Å². The summed E-state index contributed by atoms with van der Waals surface area (Å²) in [5.41, 5.74) is 0. The van der Waals surface area contributed by atoms with E-state index in [1.807, 2.05) is 0 Å². The van der Waals surface area contributed by atoms with Gasteiger partial charge >= 0.3 is 6.18 Å². The van der Waals surface area contributed by atoms with Gasteiger partial charge < -0.3 is 5.32 Å². The summed E-state index contributed by atoms with van der Waals surface area (Å²) in [5.74, 6) is 0.438. The van der Waals surface area contributed by atoms with Gasteiger partial charge in [-0.05, 0) is 50.5 Å². The number of alkyl halides is 3. The second-order valence-corrected chi connectivity index (χ2v) is 6.64. The molecular weight excluding hydrogens is 251 g/mol. The average molecular weight is 277 g/mol. The summed E-state index contributed by atoms with van der Waals surface area (Å²) in [6, 6.07) is 0.0831. The van der Waals surface area contributed by atoms with Crippen LogP contribution in [0.2, 0.25) is 0 Å². The molecule has 0 aliphatic heterocycles. The summed E-state index contributed by atoms with van der Waals surface area (Å²) in [4.78, 5) is 0. The molecule has 112 valence electrons. The van der Waals surface area contributed by atoms with E-state index >= 15 is 0 Å². The minimum atomic E-state index is -4.00. The Kier molecular flexibility index (Phi) is 5.15. The molecule has 0 aromatic rings. The zero-order valence-corrected chi connectivity index (χ0v) is 11.8. The number of halogens is 3. The first-order valence-electron chi connectivity index (χ1n) is 7.75. The van der Waals surface area contributed by atoms with E-state index in [0.29, 0.717) is 18.8 Å². The molecule has 0 heterocycles. The molecule has 1 N–H and O–H groups in total. The van der Waals surface area contributed by atoms with Crippen LogP contribution in [0.1, 0.15) is 58.3 Å². The molecule has 2 atom stereocenters. The molecule has 1 nitrogen and oxygen atoms in total. The third kappa shape index (κ3) is 4.66. The lowest BCUT2D eigenvalue weighted by molar-refractivity contribution is -0.183. The Morgan fingerprint density at radius 2 is 1.68 bits per heavy atom. The van der Waals surface area contributed by atoms with E-state index in [1.54, 1.807) is 0 Å². The Bertz CT molecular complexity index is 269. The summed E-state index contributed by atoms with van der Waals surface area (Å²) >= 11 is 0. The topological polar surface area (TPSA) is 12.0 Å². The molecule has 0 radical (unpaired) electrons. The first-order chi connectivity index (χ1) is 8.95. The van der Waals surface area contributed by atoms with Gasteiger partial charge in [0.15, 0.2) is 0 Å². The van der Waals surface area contributed by atoms with Gasteiger partial charge in [0.25, 0.3) is 0 Å². The minimum Gasteiger partial charge on any atom is -0.314 e. The van der Waals surface area contributed by atoms with Crippen molar-refractivity contribution < 1.29 is 13.2 Å². The number of nitrogens with one attached hydrogen (secondary N) is 1. The quantitative estimate of drug-likeness (QED) is 0.799. The number of hydrogen-bond donors (Lipinski definition) is 1. The molecule has 0 bridgehead atoms. The van der Waals surface area contributed by atoms with Crippen LogP contribution in [0.3, 0.4) is 0 Å². The van der Waals surface area contributed by atoms with E-state index < -0.39 is 12.1 Å². The zero-order valence-electron chi connectivity index (χ0n) is 11.8. The maximum absolute atomic E-state index is 12.7. The van der Waals surface area contributed by atoms with Gasteiger partial charge in [-0.3, -0.25) is 0 Å². The highest BCUT2D eigenvalue weighted by Crippen LogP contribution is 2.37. The molecule has 0 amide bonds. The standard InChI is InChI=1S/C15H26F3N/c1-11-5-7-12(8-6-11)10-19-14-4-2-3-13(9-14)15(16,17)18/h11-14,19H,2-10H2,1H3. The van der Waals surface area contributed by atoms with Crippen LogP contribution >= 0.6 is 0 Å². The van der Waals surface area contributed by atoms with E-state index in [-0.39, 0.29) is 12.5 Å². The van der Waals surface area contributed by atoms with Gasteiger partial charge in [-0.25, -0.2) is 0 Å². The second-order valence-electron chi connectivity index (χ2n) is 6.64. The molecule has 0 spiro atoms. The smallest absolute Gasteiger partial charge is 0.314 e. The van der Waals surface area contributed by atoms with Crippen molar-refractivity contribution in [1.82, 2.24) is 5.32 Å². The summed E-state index contributed by atoms with van der Waals surface area (Å²) < 4.78 is 38.2. The summed E-state index contributed by atoms with van der Waals surface area (Å²) in [6.45, 7) is 3.21. The Labute approximate surface area is 114 Å². The van der Waals surface area contributed by atoms with E-state index in [2.05, 4.69) is 12.2 Å². The molecule has 2 unspecified atom stereocenters. The lowest BCUT2D eigenvalue weighted by Crippen LogP contribution is -2.41. The summed E-state index contributed by atoms with van der Waals surface area (Å²) in [5, 5.41) is 3.41. The summed E-state index contributed by atoms with van der Waals surface area (Å²) in [6.07, 6.45) is 3.27. The number of hydrogen-bond acceptors (Lipinski definition) is 1. The van der Waals surface area contributed by atoms with Gasteiger partial charge in [0, 0.05) is 6.04 Å². The Hall–Kier alpha value is -0.250. The van der Waals surface area contributed by atoms with Gasteiger partial charge in [-0.2, -0.15) is 13.2 Å². The fourth-order valence-electron chi connectivity index (χ4n) is 3.54. The van der Waals surface area contributed by atoms with Crippen molar-refractivity contribution in [2.75, 3.05) is 6.54 Å². The third-order valence-electron chi connectivity index (χ3n) is 4.97. The van der Waals surface area contributed by atoms with Crippen molar-refractivity contribution in [3.8, 4) is 0 Å². The molecule has 2 rings (SSSR count). The molecular formula is C15H26F3N. The average Bonchev–Trinajstić information content (AvgIpc) is 2.37. The SMILES string of the molecule is CC1CCC(CNC2CCCC(C(F)(F)F)C2)CC1. The van der Waals surface area contributed by atoms with Crippen molar-refractivity contribution in [3.63, 3.8) is 0 Å². The molecule has 4 heteroatoms.